The number of hydrogen-bond donors (Lipinski definition) is 1. The molecule has 3 heterocycles. The summed E-state index contributed by atoms with van der Waals surface area (Å²) in [6, 6.07) is 8.01. The fraction of sp³-hybridized carbons (Fsp3) is 0.286. The number of hydrogen-bond acceptors (Lipinski definition) is 6. The Hall–Kier alpha value is -2.06. The molecular weight excluding hydrogens is 318 g/mol. The number of carbonyl (C=O) groups excluding carboxylic acids is 1. The first-order valence-corrected chi connectivity index (χ1v) is 8.54. The molecule has 1 aromatic carbocycles. The molecular formula is C14H13N5OS2. The van der Waals surface area contributed by atoms with E-state index in [9.17, 15) is 4.79 Å². The minimum atomic E-state index is -0.117. The van der Waals surface area contributed by atoms with Crippen LogP contribution in [0, 0.1) is 6.92 Å². The van der Waals surface area contributed by atoms with Gasteiger partial charge in [-0.05, 0) is 19.1 Å². The first kappa shape index (κ1) is 13.6. The molecule has 0 radical (unpaired) electrons. The second-order valence-electron chi connectivity index (χ2n) is 5.18. The summed E-state index contributed by atoms with van der Waals surface area (Å²) in [5.41, 5.74) is 1.04. The maximum absolute atomic E-state index is 12.1. The van der Waals surface area contributed by atoms with Crippen molar-refractivity contribution in [2.24, 2.45) is 0 Å². The van der Waals surface area contributed by atoms with E-state index in [0.29, 0.717) is 24.1 Å². The van der Waals surface area contributed by atoms with Gasteiger partial charge in [-0.1, -0.05) is 23.5 Å². The summed E-state index contributed by atoms with van der Waals surface area (Å²) in [6.07, 6.45) is 0. The summed E-state index contributed by atoms with van der Waals surface area (Å²) in [7, 11) is 0. The van der Waals surface area contributed by atoms with Crippen LogP contribution in [-0.2, 0) is 0 Å². The van der Waals surface area contributed by atoms with Gasteiger partial charge in [-0.2, -0.15) is 0 Å². The Morgan fingerprint density at radius 2 is 2.09 bits per heavy atom. The number of urea groups is 1. The lowest BCUT2D eigenvalue weighted by atomic mass is 10.0. The topological polar surface area (TPSA) is 71.0 Å². The SMILES string of the molecule is Cc1nnc(NC(=O)N2CC(c3nc4ccccc4s3)C2)s1. The number of rotatable bonds is 2. The summed E-state index contributed by atoms with van der Waals surface area (Å²) in [5.74, 6) is 0.333. The van der Waals surface area contributed by atoms with Crippen LogP contribution < -0.4 is 5.32 Å². The molecule has 1 aliphatic heterocycles. The molecule has 0 saturated carbocycles. The number of thiazole rings is 1. The highest BCUT2D eigenvalue weighted by molar-refractivity contribution is 7.18. The molecule has 112 valence electrons. The third-order valence-electron chi connectivity index (χ3n) is 3.57. The monoisotopic (exact) mass is 331 g/mol. The number of likely N-dealkylation sites (tertiary alicyclic amines) is 1. The summed E-state index contributed by atoms with van der Waals surface area (Å²) < 4.78 is 1.20. The molecule has 0 unspecified atom stereocenters. The lowest BCUT2D eigenvalue weighted by Crippen LogP contribution is -2.50. The van der Waals surface area contributed by atoms with Crippen molar-refractivity contribution in [3.05, 3.63) is 34.3 Å². The molecule has 3 aromatic rings. The number of fused-ring (bicyclic) bond motifs is 1. The predicted octanol–water partition coefficient (Wildman–Crippen LogP) is 3.09. The van der Waals surface area contributed by atoms with Crippen LogP contribution in [0.15, 0.2) is 24.3 Å². The minimum Gasteiger partial charge on any atom is -0.323 e. The van der Waals surface area contributed by atoms with Gasteiger partial charge in [0.25, 0.3) is 0 Å². The molecule has 2 amide bonds. The number of nitrogens with one attached hydrogen (secondary N) is 1. The van der Waals surface area contributed by atoms with E-state index in [1.54, 1.807) is 16.2 Å². The van der Waals surface area contributed by atoms with Gasteiger partial charge in [-0.15, -0.1) is 21.5 Å². The van der Waals surface area contributed by atoms with Crippen LogP contribution in [0.2, 0.25) is 0 Å². The number of nitrogens with zero attached hydrogens (tertiary/aromatic N) is 4. The molecule has 1 fully saturated rings. The quantitative estimate of drug-likeness (QED) is 0.783. The van der Waals surface area contributed by atoms with Crippen molar-refractivity contribution in [1.82, 2.24) is 20.1 Å². The third kappa shape index (κ3) is 2.44. The molecule has 1 aliphatic rings. The van der Waals surface area contributed by atoms with Gasteiger partial charge in [0.1, 0.15) is 10.0 Å². The van der Waals surface area contributed by atoms with Gasteiger partial charge in [-0.25, -0.2) is 9.78 Å². The normalized spacial score (nSPS) is 15.0. The maximum atomic E-state index is 12.1. The Labute approximate surface area is 134 Å². The number of aromatic nitrogens is 3. The second-order valence-corrected chi connectivity index (χ2v) is 7.42. The first-order valence-electron chi connectivity index (χ1n) is 6.90. The lowest BCUT2D eigenvalue weighted by Gasteiger charge is -2.37. The van der Waals surface area contributed by atoms with Crippen LogP contribution in [-0.4, -0.2) is 39.2 Å². The summed E-state index contributed by atoms with van der Waals surface area (Å²) in [5, 5.41) is 13.1. The summed E-state index contributed by atoms with van der Waals surface area (Å²) >= 11 is 3.09. The van der Waals surface area contributed by atoms with Crippen molar-refractivity contribution in [1.29, 1.82) is 0 Å². The summed E-state index contributed by atoms with van der Waals surface area (Å²) in [6.45, 7) is 3.26. The number of benzene rings is 1. The average molecular weight is 331 g/mol. The zero-order chi connectivity index (χ0) is 15.1. The fourth-order valence-electron chi connectivity index (χ4n) is 2.38. The number of carbonyl (C=O) groups is 1. The van der Waals surface area contributed by atoms with Gasteiger partial charge in [0.05, 0.1) is 10.2 Å². The molecule has 2 aromatic heterocycles. The van der Waals surface area contributed by atoms with E-state index in [0.717, 1.165) is 15.5 Å². The largest absolute Gasteiger partial charge is 0.323 e. The van der Waals surface area contributed by atoms with Gasteiger partial charge < -0.3 is 4.90 Å². The summed E-state index contributed by atoms with van der Waals surface area (Å²) in [4.78, 5) is 18.5. The molecule has 0 atom stereocenters. The van der Waals surface area contributed by atoms with Gasteiger partial charge in [0, 0.05) is 19.0 Å². The van der Waals surface area contributed by atoms with Crippen LogP contribution >= 0.6 is 22.7 Å². The Morgan fingerprint density at radius 1 is 1.27 bits per heavy atom. The van der Waals surface area contributed by atoms with E-state index >= 15 is 0 Å². The Bertz CT molecular complexity index is 804. The van der Waals surface area contributed by atoms with Gasteiger partial charge in [-0.3, -0.25) is 5.32 Å². The highest BCUT2D eigenvalue weighted by Crippen LogP contribution is 2.33. The molecule has 1 saturated heterocycles. The van der Waals surface area contributed by atoms with Crippen LogP contribution in [0.25, 0.3) is 10.2 Å². The molecule has 8 heteroatoms. The van der Waals surface area contributed by atoms with Gasteiger partial charge in [0.15, 0.2) is 0 Å². The zero-order valence-electron chi connectivity index (χ0n) is 11.8. The fourth-order valence-corrected chi connectivity index (χ4v) is 4.01. The van der Waals surface area contributed by atoms with Crippen molar-refractivity contribution < 1.29 is 4.79 Å². The van der Waals surface area contributed by atoms with Crippen molar-refractivity contribution >= 4 is 44.1 Å². The van der Waals surface area contributed by atoms with E-state index in [4.69, 9.17) is 0 Å². The van der Waals surface area contributed by atoms with Crippen LogP contribution in [0.4, 0.5) is 9.93 Å². The zero-order valence-corrected chi connectivity index (χ0v) is 13.4. The Morgan fingerprint density at radius 3 is 2.82 bits per heavy atom. The number of amides is 2. The van der Waals surface area contributed by atoms with E-state index in [-0.39, 0.29) is 6.03 Å². The predicted molar refractivity (Wildman–Crippen MR) is 87.6 cm³/mol. The smallest absolute Gasteiger partial charge is 0.323 e. The first-order chi connectivity index (χ1) is 10.7. The highest BCUT2D eigenvalue weighted by atomic mass is 32.1. The Balaban J connectivity index is 1.40. The van der Waals surface area contributed by atoms with Crippen LogP contribution in [0.1, 0.15) is 15.9 Å². The van der Waals surface area contributed by atoms with Crippen molar-refractivity contribution in [3.63, 3.8) is 0 Å². The van der Waals surface area contributed by atoms with Gasteiger partial charge in [0.2, 0.25) is 5.13 Å². The van der Waals surface area contributed by atoms with Crippen molar-refractivity contribution in [2.45, 2.75) is 12.8 Å². The molecule has 6 nitrogen and oxygen atoms in total. The molecule has 0 bridgehead atoms. The molecule has 0 aliphatic carbocycles. The molecule has 1 N–H and O–H groups in total. The number of anilines is 1. The van der Waals surface area contributed by atoms with Crippen molar-refractivity contribution in [2.75, 3.05) is 18.4 Å². The lowest BCUT2D eigenvalue weighted by molar-refractivity contribution is 0.164. The number of para-hydroxylation sites is 1. The second kappa shape index (κ2) is 5.29. The average Bonchev–Trinajstić information content (AvgIpc) is 3.03. The number of aryl methyl sites for hydroxylation is 1. The highest BCUT2D eigenvalue weighted by Gasteiger charge is 2.34. The molecule has 22 heavy (non-hydrogen) atoms. The standard InChI is InChI=1S/C14H13N5OS2/c1-8-17-18-13(21-8)16-14(20)19-6-9(7-19)12-15-10-4-2-3-5-11(10)22-12/h2-5,9H,6-7H2,1H3,(H,16,18,20). The third-order valence-corrected chi connectivity index (χ3v) is 5.52. The van der Waals surface area contributed by atoms with Crippen molar-refractivity contribution in [3.8, 4) is 0 Å². The minimum absolute atomic E-state index is 0.117. The van der Waals surface area contributed by atoms with E-state index in [1.807, 2.05) is 25.1 Å². The van der Waals surface area contributed by atoms with E-state index in [2.05, 4.69) is 26.6 Å². The molecule has 4 rings (SSSR count). The van der Waals surface area contributed by atoms with E-state index in [1.165, 1.54) is 16.0 Å². The van der Waals surface area contributed by atoms with Crippen LogP contribution in [0.5, 0.6) is 0 Å². The van der Waals surface area contributed by atoms with Crippen LogP contribution in [0.3, 0.4) is 0 Å². The van der Waals surface area contributed by atoms with Gasteiger partial charge >= 0.3 is 6.03 Å². The Kier molecular flexibility index (Phi) is 3.27. The van der Waals surface area contributed by atoms with E-state index < -0.39 is 0 Å². The maximum Gasteiger partial charge on any atom is 0.323 e. The molecule has 0 spiro atoms.